The molecular formula is C9H12ClN3OS. The molecule has 6 heteroatoms. The monoisotopic (exact) mass is 245 g/mol. The summed E-state index contributed by atoms with van der Waals surface area (Å²) in [7, 11) is 0. The summed E-state index contributed by atoms with van der Waals surface area (Å²) in [5.41, 5.74) is 0.285. The molecule has 1 aromatic rings. The van der Waals surface area contributed by atoms with Crippen LogP contribution in [0.4, 0.5) is 0 Å². The van der Waals surface area contributed by atoms with Gasteiger partial charge in [-0.15, -0.1) is 10.2 Å². The number of amides is 1. The first-order chi connectivity index (χ1) is 7.13. The van der Waals surface area contributed by atoms with Crippen LogP contribution >= 0.6 is 23.4 Å². The van der Waals surface area contributed by atoms with Crippen LogP contribution in [0.5, 0.6) is 0 Å². The van der Waals surface area contributed by atoms with E-state index in [4.69, 9.17) is 11.6 Å². The van der Waals surface area contributed by atoms with E-state index in [0.717, 1.165) is 5.75 Å². The van der Waals surface area contributed by atoms with Gasteiger partial charge in [0, 0.05) is 11.8 Å². The highest BCUT2D eigenvalue weighted by molar-refractivity contribution is 7.98. The second-order valence-electron chi connectivity index (χ2n) is 3.07. The molecule has 1 N–H and O–H groups in total. The van der Waals surface area contributed by atoms with Crippen molar-refractivity contribution < 1.29 is 4.79 Å². The maximum atomic E-state index is 11.6. The van der Waals surface area contributed by atoms with Crippen molar-refractivity contribution in [2.75, 3.05) is 12.0 Å². The minimum absolute atomic E-state index is 0.116. The number of hydrogen-bond donors (Lipinski definition) is 1. The molecule has 4 nitrogen and oxygen atoms in total. The molecule has 0 spiro atoms. The second kappa shape index (κ2) is 5.92. The SMILES string of the molecule is CSCC(C)NC(=O)c1ccc(Cl)nn1. The van der Waals surface area contributed by atoms with Crippen molar-refractivity contribution in [1.82, 2.24) is 15.5 Å². The summed E-state index contributed by atoms with van der Waals surface area (Å²) in [5, 5.41) is 10.4. The largest absolute Gasteiger partial charge is 0.347 e. The molecule has 1 aromatic heterocycles. The molecule has 0 aromatic carbocycles. The average Bonchev–Trinajstić information content (AvgIpc) is 2.18. The number of nitrogens with zero attached hydrogens (tertiary/aromatic N) is 2. The predicted octanol–water partition coefficient (Wildman–Crippen LogP) is 1.61. The molecule has 0 aliphatic heterocycles. The van der Waals surface area contributed by atoms with Crippen LogP contribution in [-0.2, 0) is 0 Å². The fourth-order valence-corrected chi connectivity index (χ4v) is 1.71. The lowest BCUT2D eigenvalue weighted by Crippen LogP contribution is -2.34. The quantitative estimate of drug-likeness (QED) is 0.876. The van der Waals surface area contributed by atoms with Gasteiger partial charge in [-0.25, -0.2) is 0 Å². The number of thioether (sulfide) groups is 1. The smallest absolute Gasteiger partial charge is 0.272 e. The maximum absolute atomic E-state index is 11.6. The number of rotatable bonds is 4. The molecule has 0 radical (unpaired) electrons. The van der Waals surface area contributed by atoms with E-state index in [0.29, 0.717) is 0 Å². The van der Waals surface area contributed by atoms with Gasteiger partial charge >= 0.3 is 0 Å². The van der Waals surface area contributed by atoms with Gasteiger partial charge in [-0.2, -0.15) is 11.8 Å². The van der Waals surface area contributed by atoms with Gasteiger partial charge < -0.3 is 5.32 Å². The van der Waals surface area contributed by atoms with E-state index in [2.05, 4.69) is 15.5 Å². The van der Waals surface area contributed by atoms with E-state index in [1.54, 1.807) is 23.9 Å². The molecule has 0 bridgehead atoms. The Bertz CT molecular complexity index is 331. The zero-order chi connectivity index (χ0) is 11.3. The standard InChI is InChI=1S/C9H12ClN3OS/c1-6(5-15-2)11-9(14)7-3-4-8(10)13-12-7/h3-4,6H,5H2,1-2H3,(H,11,14). The number of carbonyl (C=O) groups excluding carboxylic acids is 1. The van der Waals surface area contributed by atoms with Crippen molar-refractivity contribution >= 4 is 29.3 Å². The van der Waals surface area contributed by atoms with Crippen LogP contribution in [0, 0.1) is 0 Å². The van der Waals surface area contributed by atoms with Crippen molar-refractivity contribution in [1.29, 1.82) is 0 Å². The van der Waals surface area contributed by atoms with Crippen LogP contribution in [0.2, 0.25) is 5.15 Å². The summed E-state index contributed by atoms with van der Waals surface area (Å²) in [4.78, 5) is 11.6. The Hall–Kier alpha value is -0.810. The Morgan fingerprint density at radius 2 is 2.33 bits per heavy atom. The zero-order valence-corrected chi connectivity index (χ0v) is 10.1. The number of hydrogen-bond acceptors (Lipinski definition) is 4. The van der Waals surface area contributed by atoms with E-state index in [-0.39, 0.29) is 22.8 Å². The zero-order valence-electron chi connectivity index (χ0n) is 8.53. The third-order valence-electron chi connectivity index (χ3n) is 1.66. The fraction of sp³-hybridized carbons (Fsp3) is 0.444. The van der Waals surface area contributed by atoms with Gasteiger partial charge in [0.1, 0.15) is 0 Å². The van der Waals surface area contributed by atoms with Gasteiger partial charge in [-0.05, 0) is 25.3 Å². The molecule has 15 heavy (non-hydrogen) atoms. The van der Waals surface area contributed by atoms with Crippen molar-refractivity contribution in [3.05, 3.63) is 23.0 Å². The highest BCUT2D eigenvalue weighted by Crippen LogP contribution is 2.03. The molecule has 82 valence electrons. The molecule has 0 saturated heterocycles. The molecule has 1 amide bonds. The first-order valence-corrected chi connectivity index (χ1v) is 6.19. The molecule has 1 atom stereocenters. The van der Waals surface area contributed by atoms with E-state index in [9.17, 15) is 4.79 Å². The number of aromatic nitrogens is 2. The average molecular weight is 246 g/mol. The lowest BCUT2D eigenvalue weighted by atomic mass is 10.3. The second-order valence-corrected chi connectivity index (χ2v) is 4.37. The van der Waals surface area contributed by atoms with Crippen LogP contribution in [0.3, 0.4) is 0 Å². The minimum atomic E-state index is -0.222. The number of carbonyl (C=O) groups is 1. The van der Waals surface area contributed by atoms with Crippen LogP contribution in [0.15, 0.2) is 12.1 Å². The van der Waals surface area contributed by atoms with E-state index < -0.39 is 0 Å². The Labute approximate surface area is 97.8 Å². The summed E-state index contributed by atoms with van der Waals surface area (Å²) in [6.45, 7) is 1.94. The number of nitrogens with one attached hydrogen (secondary N) is 1. The summed E-state index contributed by atoms with van der Waals surface area (Å²) in [6, 6.07) is 3.21. The van der Waals surface area contributed by atoms with Gasteiger partial charge in [0.25, 0.3) is 5.91 Å². The van der Waals surface area contributed by atoms with Gasteiger partial charge in [-0.1, -0.05) is 11.6 Å². The summed E-state index contributed by atoms with van der Waals surface area (Å²) >= 11 is 7.24. The Balaban J connectivity index is 2.57. The van der Waals surface area contributed by atoms with Crippen molar-refractivity contribution in [2.45, 2.75) is 13.0 Å². The summed E-state index contributed by atoms with van der Waals surface area (Å²) in [6.07, 6.45) is 1.99. The van der Waals surface area contributed by atoms with Crippen molar-refractivity contribution in [2.24, 2.45) is 0 Å². The van der Waals surface area contributed by atoms with Gasteiger partial charge in [-0.3, -0.25) is 4.79 Å². The third kappa shape index (κ3) is 4.05. The van der Waals surface area contributed by atoms with Gasteiger partial charge in [0.2, 0.25) is 0 Å². The molecule has 0 aliphatic rings. The van der Waals surface area contributed by atoms with E-state index in [1.807, 2.05) is 13.2 Å². The first-order valence-electron chi connectivity index (χ1n) is 4.42. The highest BCUT2D eigenvalue weighted by atomic mass is 35.5. The minimum Gasteiger partial charge on any atom is -0.347 e. The van der Waals surface area contributed by atoms with E-state index in [1.165, 1.54) is 0 Å². The van der Waals surface area contributed by atoms with Crippen LogP contribution in [0.25, 0.3) is 0 Å². The Morgan fingerprint density at radius 3 is 2.87 bits per heavy atom. The summed E-state index contributed by atoms with van der Waals surface area (Å²) in [5.74, 6) is 0.646. The van der Waals surface area contributed by atoms with Crippen LogP contribution < -0.4 is 5.32 Å². The molecule has 0 aliphatic carbocycles. The van der Waals surface area contributed by atoms with Crippen LogP contribution in [-0.4, -0.2) is 34.2 Å². The predicted molar refractivity (Wildman–Crippen MR) is 62.4 cm³/mol. The topological polar surface area (TPSA) is 54.9 Å². The molecule has 1 heterocycles. The molecule has 0 saturated carbocycles. The van der Waals surface area contributed by atoms with Gasteiger partial charge in [0.05, 0.1) is 0 Å². The van der Waals surface area contributed by atoms with Gasteiger partial charge in [0.15, 0.2) is 10.8 Å². The third-order valence-corrected chi connectivity index (χ3v) is 2.69. The lowest BCUT2D eigenvalue weighted by molar-refractivity contribution is 0.0937. The molecule has 0 fully saturated rings. The maximum Gasteiger partial charge on any atom is 0.272 e. The number of halogens is 1. The van der Waals surface area contributed by atoms with Crippen molar-refractivity contribution in [3.8, 4) is 0 Å². The molecule has 1 unspecified atom stereocenters. The normalized spacial score (nSPS) is 12.2. The summed E-state index contributed by atoms with van der Waals surface area (Å²) < 4.78 is 0. The molecule has 1 rings (SSSR count). The molecular weight excluding hydrogens is 234 g/mol. The van der Waals surface area contributed by atoms with E-state index >= 15 is 0 Å². The first kappa shape index (κ1) is 12.3. The fourth-order valence-electron chi connectivity index (χ4n) is 1.03. The van der Waals surface area contributed by atoms with Crippen molar-refractivity contribution in [3.63, 3.8) is 0 Å². The Kier molecular flexibility index (Phi) is 4.84. The Morgan fingerprint density at radius 1 is 1.60 bits per heavy atom. The van der Waals surface area contributed by atoms with Crippen LogP contribution in [0.1, 0.15) is 17.4 Å². The lowest BCUT2D eigenvalue weighted by Gasteiger charge is -2.11. The highest BCUT2D eigenvalue weighted by Gasteiger charge is 2.10.